The second-order valence-corrected chi connectivity index (χ2v) is 83.3. The van der Waals surface area contributed by atoms with Gasteiger partial charge < -0.3 is 62.6 Å². The molecule has 848 valence electrons. The molecule has 6 atom stereocenters. The second-order valence-electron chi connectivity index (χ2n) is 50.6. The van der Waals surface area contributed by atoms with Crippen LogP contribution in [0, 0.1) is 23.7 Å². The SMILES string of the molecule is CCCCCCCCCCC(Oc1ccc(C(C)(C)c2ccc(OC(CCCCCCCCCC)[Si](C)(O[Si](C)(C)C)O[Si](C)(CCCCCCCCCCCOc3ccc(C(=O)OC4CCC(C(=O)OC5CCC(CCCC)CC5)CC4)cc3)O[Si](C)(C)C)cc2)cc1)[Si](C)(O[Si](C)(C)C)O[Si](C)(CCCCCCCCCCCOc1ccc(C(=O)OC2CCC(C(=O)OC3CCC(CCCC)CC3)CC2)cc1)O[Si](C)(C)C. The van der Waals surface area contributed by atoms with E-state index in [2.05, 4.69) is 195 Å². The molecule has 18 nitrogen and oxygen atoms in total. The average molecular weight is 2210 g/mol. The number of carbonyl (C=O) groups is 4. The summed E-state index contributed by atoms with van der Waals surface area (Å²) in [6.45, 7) is 52.3. The summed E-state index contributed by atoms with van der Waals surface area (Å²) >= 11 is 0. The van der Waals surface area contributed by atoms with Crippen molar-refractivity contribution in [3.63, 3.8) is 0 Å². The number of hydrogen-bond donors (Lipinski definition) is 0. The van der Waals surface area contributed by atoms with E-state index in [-0.39, 0.29) is 77.0 Å². The lowest BCUT2D eigenvalue weighted by Gasteiger charge is -2.45. The van der Waals surface area contributed by atoms with E-state index >= 15 is 0 Å². The van der Waals surface area contributed by atoms with Gasteiger partial charge in [0.15, 0.2) is 33.3 Å². The van der Waals surface area contributed by atoms with Crippen LogP contribution in [0.15, 0.2) is 97.1 Å². The molecule has 0 spiro atoms. The predicted octanol–water partition coefficient (Wildman–Crippen LogP) is 36.6. The zero-order chi connectivity index (χ0) is 108. The molecule has 0 bridgehead atoms. The summed E-state index contributed by atoms with van der Waals surface area (Å²) in [5.74, 6) is 3.86. The summed E-state index contributed by atoms with van der Waals surface area (Å²) in [7, 11) is -20.5. The largest absolute Gasteiger partial charge is 0.494 e. The highest BCUT2D eigenvalue weighted by atomic mass is 28.5. The summed E-state index contributed by atoms with van der Waals surface area (Å²) in [6.07, 6.45) is 63.8. The van der Waals surface area contributed by atoms with E-state index in [1.54, 1.807) is 24.3 Å². The van der Waals surface area contributed by atoms with Gasteiger partial charge >= 0.3 is 58.1 Å². The Morgan fingerprint density at radius 1 is 0.275 bits per heavy atom. The predicted molar refractivity (Wildman–Crippen MR) is 636 cm³/mol. The van der Waals surface area contributed by atoms with Gasteiger partial charge in [-0.3, -0.25) is 9.59 Å². The van der Waals surface area contributed by atoms with Crippen LogP contribution in [0.2, 0.25) is 117 Å². The minimum atomic E-state index is -3.16. The van der Waals surface area contributed by atoms with Crippen LogP contribution in [0.3, 0.4) is 0 Å². The maximum absolute atomic E-state index is 13.2. The molecule has 26 heteroatoms. The molecule has 0 heterocycles. The molecule has 4 aromatic rings. The summed E-state index contributed by atoms with van der Waals surface area (Å²) in [4.78, 5) is 52.6. The van der Waals surface area contributed by atoms with Gasteiger partial charge in [0.25, 0.3) is 0 Å². The molecular weight excluding hydrogens is 1990 g/mol. The molecular formula is C123H216O18Si8. The van der Waals surface area contributed by atoms with Crippen LogP contribution in [0.1, 0.15) is 446 Å². The number of ether oxygens (including phenoxy) is 8. The van der Waals surface area contributed by atoms with Crippen LogP contribution in [0.4, 0.5) is 0 Å². The van der Waals surface area contributed by atoms with Crippen molar-refractivity contribution in [2.45, 2.75) is 572 Å². The van der Waals surface area contributed by atoms with Crippen LogP contribution < -0.4 is 18.9 Å². The Balaban J connectivity index is 0.803. The van der Waals surface area contributed by atoms with Gasteiger partial charge in [-0.1, -0.05) is 297 Å². The highest BCUT2D eigenvalue weighted by Crippen LogP contribution is 2.43. The summed E-state index contributed by atoms with van der Waals surface area (Å²) < 4.78 is 96.9. The van der Waals surface area contributed by atoms with Gasteiger partial charge in [-0.05, 0) is 354 Å². The Hall–Kier alpha value is -4.54. The fourth-order valence-electron chi connectivity index (χ4n) is 23.3. The lowest BCUT2D eigenvalue weighted by molar-refractivity contribution is -0.158. The van der Waals surface area contributed by atoms with Crippen LogP contribution in [0.25, 0.3) is 0 Å². The summed E-state index contributed by atoms with van der Waals surface area (Å²) in [6, 6.07) is 34.5. The molecule has 0 saturated heterocycles. The molecule has 4 aromatic carbocycles. The van der Waals surface area contributed by atoms with Gasteiger partial charge in [-0.2, -0.15) is 0 Å². The van der Waals surface area contributed by atoms with E-state index < -0.39 is 67.5 Å². The second kappa shape index (κ2) is 67.6. The Labute approximate surface area is 917 Å². The third-order valence-corrected chi connectivity index (χ3v) is 60.2. The van der Waals surface area contributed by atoms with Crippen LogP contribution in [-0.4, -0.2) is 140 Å². The van der Waals surface area contributed by atoms with Crippen molar-refractivity contribution in [3.05, 3.63) is 119 Å². The van der Waals surface area contributed by atoms with E-state index in [1.165, 1.54) is 217 Å². The van der Waals surface area contributed by atoms with E-state index in [0.717, 1.165) is 162 Å². The highest BCUT2D eigenvalue weighted by Gasteiger charge is 2.55. The quantitative estimate of drug-likeness (QED) is 0.0175. The molecule has 4 aliphatic carbocycles. The van der Waals surface area contributed by atoms with Gasteiger partial charge in [-0.25, -0.2) is 9.59 Å². The van der Waals surface area contributed by atoms with Gasteiger partial charge in [0.2, 0.25) is 0 Å². The van der Waals surface area contributed by atoms with Crippen LogP contribution in [-0.2, 0) is 58.6 Å². The van der Waals surface area contributed by atoms with Crippen molar-refractivity contribution in [1.82, 2.24) is 0 Å². The van der Waals surface area contributed by atoms with Gasteiger partial charge in [-0.15, -0.1) is 0 Å². The minimum Gasteiger partial charge on any atom is -0.494 e. The number of rotatable bonds is 78. The van der Waals surface area contributed by atoms with Gasteiger partial charge in [0.05, 0.1) is 36.2 Å². The average Bonchev–Trinajstić information content (AvgIpc) is 0.782. The smallest absolute Gasteiger partial charge is 0.358 e. The van der Waals surface area contributed by atoms with Crippen LogP contribution >= 0.6 is 0 Å². The van der Waals surface area contributed by atoms with Crippen molar-refractivity contribution in [2.24, 2.45) is 23.7 Å². The van der Waals surface area contributed by atoms with Crippen molar-refractivity contribution < 1.29 is 81.8 Å². The normalized spacial score (nSPS) is 20.7. The molecule has 0 aromatic heterocycles. The molecule has 0 N–H and O–H groups in total. The maximum atomic E-state index is 13.2. The van der Waals surface area contributed by atoms with Gasteiger partial charge in [0, 0.05) is 5.41 Å². The minimum absolute atomic E-state index is 0.0564. The van der Waals surface area contributed by atoms with Crippen molar-refractivity contribution in [1.29, 1.82) is 0 Å². The number of unbranched alkanes of at least 4 members (excludes halogenated alkanes) is 32. The highest BCUT2D eigenvalue weighted by molar-refractivity contribution is 6.91. The Morgan fingerprint density at radius 2 is 0.530 bits per heavy atom. The first-order valence-corrected chi connectivity index (χ1v) is 84.5. The molecule has 4 saturated carbocycles. The molecule has 6 unspecified atom stereocenters. The summed E-state index contributed by atoms with van der Waals surface area (Å²) in [5.41, 5.74) is 2.66. The molecule has 4 aliphatic rings. The summed E-state index contributed by atoms with van der Waals surface area (Å²) in [5, 5.41) is 0. The zero-order valence-corrected chi connectivity index (χ0v) is 107. The third kappa shape index (κ3) is 51.8. The molecule has 8 rings (SSSR count). The Bertz CT molecular complexity index is 4010. The van der Waals surface area contributed by atoms with E-state index in [9.17, 15) is 19.2 Å². The fraction of sp³-hybridized carbons (Fsp3) is 0.772. The van der Waals surface area contributed by atoms with Crippen molar-refractivity contribution in [2.75, 3.05) is 13.2 Å². The first-order valence-electron chi connectivity index (χ1n) is 61.0. The lowest BCUT2D eigenvalue weighted by atomic mass is 9.78. The molecule has 0 aliphatic heterocycles. The maximum Gasteiger partial charge on any atom is 0.358 e. The van der Waals surface area contributed by atoms with Crippen molar-refractivity contribution in [3.8, 4) is 23.0 Å². The van der Waals surface area contributed by atoms with Crippen LogP contribution in [0.5, 0.6) is 23.0 Å². The Morgan fingerprint density at radius 3 is 0.819 bits per heavy atom. The van der Waals surface area contributed by atoms with E-state index in [4.69, 9.17) is 62.6 Å². The molecule has 4 fully saturated rings. The van der Waals surface area contributed by atoms with Gasteiger partial charge in [0.1, 0.15) is 58.9 Å². The first kappa shape index (κ1) is 130. The first-order chi connectivity index (χ1) is 71.0. The number of benzene rings is 4. The lowest BCUT2D eigenvalue weighted by Crippen LogP contribution is -2.64. The third-order valence-electron chi connectivity index (χ3n) is 31.3. The number of hydrogen-bond acceptors (Lipinski definition) is 18. The number of carbonyl (C=O) groups excluding carboxylic acids is 4. The Kier molecular flexibility index (Phi) is 58.8. The number of esters is 4. The standard InChI is InChI=1S/C123H216O18Si8/c1-23-27-31-33-35-43-49-55-63-117(148(21,138-144(13,14)15)140-146(19,136-142(7,8)9)99-59-53-47-41-37-39-45-51-57-97-128-109-85-69-103(70-86-109)119(124)134-115-89-73-105(74-90-115)121(126)132-113-81-65-101(66-82-113)61-29-25-3)130-111-93-77-107(78-94-111)123(5,6)108-79-95-112(96-80-108)131-118(64-56-50-44-36-34-32-28-24-2)149(22,139-145(16,17)18)141-147(20,137-143(10,11)12)100-60-54-48-42-38-40-46-52-58-98-129-110-87-71-104(72-88-110)120(125)135-116-91-75-106(76-92-116)122(127)133-114-83-67-102(68-84-114)62-30-26-4/h69-72,77-80,85-88,93-96,101-102,105-106,113-118H,23-68,73-76,81-84,89-92,97-100H2,1-22H3. The fourth-order valence-corrected chi connectivity index (χ4v) is 60.1. The van der Waals surface area contributed by atoms with Crippen molar-refractivity contribution >= 4 is 91.4 Å². The topological polar surface area (TPSA) is 197 Å². The zero-order valence-electron chi connectivity index (χ0n) is 98.7. The van der Waals surface area contributed by atoms with E-state index in [0.29, 0.717) is 75.7 Å². The molecule has 149 heavy (non-hydrogen) atoms. The van der Waals surface area contributed by atoms with E-state index in [1.807, 2.05) is 24.3 Å². The molecule has 0 radical (unpaired) electrons. The monoisotopic (exact) mass is 2210 g/mol. The molecule has 0 amide bonds.